The van der Waals surface area contributed by atoms with Crippen LogP contribution in [0, 0.1) is 0 Å². The van der Waals surface area contributed by atoms with Gasteiger partial charge in [0, 0.05) is 38.0 Å². The second-order valence-corrected chi connectivity index (χ2v) is 6.74. The lowest BCUT2D eigenvalue weighted by atomic mass is 10.2. The maximum absolute atomic E-state index is 5.84. The smallest absolute Gasteiger partial charge is 0.163 e. The Bertz CT molecular complexity index is 620. The predicted octanol–water partition coefficient (Wildman–Crippen LogP) is 1.72. The highest BCUT2D eigenvalue weighted by atomic mass is 32.1. The first kappa shape index (κ1) is 13.4. The van der Waals surface area contributed by atoms with Crippen molar-refractivity contribution < 1.29 is 4.74 Å². The van der Waals surface area contributed by atoms with Crippen LogP contribution in [0.15, 0.2) is 11.7 Å². The zero-order valence-electron chi connectivity index (χ0n) is 12.1. The molecule has 1 saturated heterocycles. The first-order valence-electron chi connectivity index (χ1n) is 7.42. The minimum atomic E-state index is 0.00721. The summed E-state index contributed by atoms with van der Waals surface area (Å²) in [6.45, 7) is 3.44. The van der Waals surface area contributed by atoms with Crippen LogP contribution in [0.2, 0.25) is 0 Å². The van der Waals surface area contributed by atoms with E-state index in [2.05, 4.69) is 20.5 Å². The van der Waals surface area contributed by atoms with Crippen molar-refractivity contribution in [1.29, 1.82) is 0 Å². The first-order valence-corrected chi connectivity index (χ1v) is 8.29. The Morgan fingerprint density at radius 2 is 2.33 bits per heavy atom. The maximum Gasteiger partial charge on any atom is 0.163 e. The molecule has 0 radical (unpaired) electrons. The third-order valence-electron chi connectivity index (χ3n) is 4.07. The molecule has 0 bridgehead atoms. The minimum Gasteiger partial charge on any atom is -0.368 e. The number of hydrogen-bond donors (Lipinski definition) is 0. The number of thiazole rings is 1. The molecule has 3 heterocycles. The molecule has 4 rings (SSSR count). The van der Waals surface area contributed by atoms with E-state index in [4.69, 9.17) is 9.72 Å². The van der Waals surface area contributed by atoms with E-state index < -0.39 is 0 Å². The van der Waals surface area contributed by atoms with Crippen LogP contribution < -0.4 is 0 Å². The standard InChI is InChI=1S/C14H19N5OS/c1-18-9-15-17-13(18)12-7-19(4-5-20-12)6-11-8-21-14(16-11)10-2-3-10/h8-10,12H,2-7H2,1H3/t12-/m0/s1. The van der Waals surface area contributed by atoms with Crippen LogP contribution in [0.5, 0.6) is 0 Å². The summed E-state index contributed by atoms with van der Waals surface area (Å²) in [4.78, 5) is 7.17. The lowest BCUT2D eigenvalue weighted by Gasteiger charge is -2.31. The normalized spacial score (nSPS) is 23.6. The first-order chi connectivity index (χ1) is 10.3. The Morgan fingerprint density at radius 1 is 1.43 bits per heavy atom. The highest BCUT2D eigenvalue weighted by Gasteiger charge is 2.28. The Labute approximate surface area is 127 Å². The number of nitrogens with zero attached hydrogens (tertiary/aromatic N) is 5. The fourth-order valence-electron chi connectivity index (χ4n) is 2.73. The van der Waals surface area contributed by atoms with E-state index in [0.717, 1.165) is 38.0 Å². The van der Waals surface area contributed by atoms with Gasteiger partial charge in [0.05, 0.1) is 17.3 Å². The van der Waals surface area contributed by atoms with Gasteiger partial charge in [-0.1, -0.05) is 0 Å². The summed E-state index contributed by atoms with van der Waals surface area (Å²) in [6.07, 6.45) is 4.37. The van der Waals surface area contributed by atoms with Crippen molar-refractivity contribution >= 4 is 11.3 Å². The Morgan fingerprint density at radius 3 is 3.10 bits per heavy atom. The van der Waals surface area contributed by atoms with Crippen molar-refractivity contribution in [3.63, 3.8) is 0 Å². The molecule has 0 aromatic carbocycles. The van der Waals surface area contributed by atoms with Crippen LogP contribution in [0.1, 0.15) is 41.4 Å². The van der Waals surface area contributed by atoms with Crippen LogP contribution in [-0.2, 0) is 18.3 Å². The van der Waals surface area contributed by atoms with Gasteiger partial charge in [0.1, 0.15) is 12.4 Å². The van der Waals surface area contributed by atoms with Crippen LogP contribution in [0.3, 0.4) is 0 Å². The third kappa shape index (κ3) is 2.86. The molecule has 1 atom stereocenters. The highest BCUT2D eigenvalue weighted by molar-refractivity contribution is 7.09. The van der Waals surface area contributed by atoms with Gasteiger partial charge in [-0.3, -0.25) is 4.90 Å². The Balaban J connectivity index is 1.41. The summed E-state index contributed by atoms with van der Waals surface area (Å²) in [5.74, 6) is 1.65. The number of morpholine rings is 1. The molecular weight excluding hydrogens is 286 g/mol. The third-order valence-corrected chi connectivity index (χ3v) is 5.12. The van der Waals surface area contributed by atoms with E-state index in [1.165, 1.54) is 23.5 Å². The monoisotopic (exact) mass is 305 g/mol. The molecule has 2 fully saturated rings. The van der Waals surface area contributed by atoms with Crippen LogP contribution >= 0.6 is 11.3 Å². The van der Waals surface area contributed by atoms with Gasteiger partial charge in [-0.25, -0.2) is 4.98 Å². The average molecular weight is 305 g/mol. The van der Waals surface area contributed by atoms with E-state index >= 15 is 0 Å². The van der Waals surface area contributed by atoms with E-state index in [1.54, 1.807) is 6.33 Å². The molecule has 0 N–H and O–H groups in total. The largest absolute Gasteiger partial charge is 0.368 e. The molecule has 2 aliphatic rings. The molecule has 0 unspecified atom stereocenters. The van der Waals surface area contributed by atoms with Gasteiger partial charge in [-0.2, -0.15) is 0 Å². The van der Waals surface area contributed by atoms with Gasteiger partial charge < -0.3 is 9.30 Å². The van der Waals surface area contributed by atoms with Gasteiger partial charge in [0.2, 0.25) is 0 Å². The van der Waals surface area contributed by atoms with Gasteiger partial charge >= 0.3 is 0 Å². The maximum atomic E-state index is 5.84. The topological polar surface area (TPSA) is 56.1 Å². The molecule has 2 aromatic heterocycles. The lowest BCUT2D eigenvalue weighted by Crippen LogP contribution is -2.38. The Kier molecular flexibility index (Phi) is 3.48. The number of aryl methyl sites for hydroxylation is 1. The highest BCUT2D eigenvalue weighted by Crippen LogP contribution is 2.41. The molecule has 2 aromatic rings. The second kappa shape index (κ2) is 5.47. The summed E-state index contributed by atoms with van der Waals surface area (Å²) in [6, 6.07) is 0. The lowest BCUT2D eigenvalue weighted by molar-refractivity contribution is -0.0388. The van der Waals surface area contributed by atoms with Crippen LogP contribution in [0.4, 0.5) is 0 Å². The van der Waals surface area contributed by atoms with E-state index in [9.17, 15) is 0 Å². The fraction of sp³-hybridized carbons (Fsp3) is 0.643. The molecule has 0 amide bonds. The molecule has 1 aliphatic carbocycles. The van der Waals surface area contributed by atoms with Crippen molar-refractivity contribution in [1.82, 2.24) is 24.6 Å². The molecule has 112 valence electrons. The molecule has 0 spiro atoms. The van der Waals surface area contributed by atoms with E-state index in [-0.39, 0.29) is 6.10 Å². The molecular formula is C14H19N5OS. The van der Waals surface area contributed by atoms with Crippen molar-refractivity contribution in [3.05, 3.63) is 28.2 Å². The summed E-state index contributed by atoms with van der Waals surface area (Å²) < 4.78 is 7.77. The van der Waals surface area contributed by atoms with E-state index in [0.29, 0.717) is 0 Å². The average Bonchev–Trinajstić information content (AvgIpc) is 3.09. The van der Waals surface area contributed by atoms with Crippen molar-refractivity contribution in [3.8, 4) is 0 Å². The van der Waals surface area contributed by atoms with E-state index in [1.807, 2.05) is 23.0 Å². The summed E-state index contributed by atoms with van der Waals surface area (Å²) in [5, 5.41) is 11.6. The number of aromatic nitrogens is 4. The quantitative estimate of drug-likeness (QED) is 0.861. The van der Waals surface area contributed by atoms with Crippen LogP contribution in [0.25, 0.3) is 0 Å². The van der Waals surface area contributed by atoms with Crippen LogP contribution in [-0.4, -0.2) is 44.3 Å². The number of hydrogen-bond acceptors (Lipinski definition) is 6. The van der Waals surface area contributed by atoms with Gasteiger partial charge in [0.15, 0.2) is 5.82 Å². The van der Waals surface area contributed by atoms with Crippen molar-refractivity contribution in [2.45, 2.75) is 31.4 Å². The molecule has 7 heteroatoms. The molecule has 21 heavy (non-hydrogen) atoms. The summed E-state index contributed by atoms with van der Waals surface area (Å²) in [5.41, 5.74) is 1.19. The summed E-state index contributed by atoms with van der Waals surface area (Å²) >= 11 is 1.81. The SMILES string of the molecule is Cn1cnnc1[C@@H]1CN(Cc2csc(C3CC3)n2)CCO1. The molecule has 1 saturated carbocycles. The minimum absolute atomic E-state index is 0.00721. The zero-order chi connectivity index (χ0) is 14.2. The van der Waals surface area contributed by atoms with Gasteiger partial charge in [0.25, 0.3) is 0 Å². The summed E-state index contributed by atoms with van der Waals surface area (Å²) in [7, 11) is 1.96. The fourth-order valence-corrected chi connectivity index (χ4v) is 3.71. The van der Waals surface area contributed by atoms with Gasteiger partial charge in [-0.05, 0) is 12.8 Å². The van der Waals surface area contributed by atoms with Crippen molar-refractivity contribution in [2.24, 2.45) is 7.05 Å². The van der Waals surface area contributed by atoms with Gasteiger partial charge in [-0.15, -0.1) is 21.5 Å². The second-order valence-electron chi connectivity index (χ2n) is 5.85. The van der Waals surface area contributed by atoms with Crippen molar-refractivity contribution in [2.75, 3.05) is 19.7 Å². The zero-order valence-corrected chi connectivity index (χ0v) is 12.9. The number of ether oxygens (including phenoxy) is 1. The Hall–Kier alpha value is -1.31. The molecule has 6 nitrogen and oxygen atoms in total. The predicted molar refractivity (Wildman–Crippen MR) is 79.1 cm³/mol. The number of rotatable bonds is 4. The molecule has 1 aliphatic heterocycles.